The van der Waals surface area contributed by atoms with Gasteiger partial charge in [-0.3, -0.25) is 14.6 Å². The summed E-state index contributed by atoms with van der Waals surface area (Å²) >= 11 is 0. The van der Waals surface area contributed by atoms with Crippen LogP contribution in [0.4, 0.5) is 0 Å². The van der Waals surface area contributed by atoms with E-state index >= 15 is 0 Å². The number of carbonyl (C=O) groups excluding carboxylic acids is 1. The summed E-state index contributed by atoms with van der Waals surface area (Å²) in [5.74, 6) is 0.298. The van der Waals surface area contributed by atoms with Crippen LogP contribution in [0.15, 0.2) is 59.5 Å². The van der Waals surface area contributed by atoms with Gasteiger partial charge in [0.15, 0.2) is 0 Å². The normalized spacial score (nSPS) is 11.8. The molecule has 3 aromatic rings. The number of hydrogen-bond acceptors (Lipinski definition) is 4. The van der Waals surface area contributed by atoms with Crippen molar-refractivity contribution >= 4 is 5.91 Å². The fraction of sp³-hybridized carbons (Fsp3) is 0.238. The quantitative estimate of drug-likeness (QED) is 0.705. The molecule has 3 rings (SSSR count). The van der Waals surface area contributed by atoms with Crippen LogP contribution in [0.1, 0.15) is 23.9 Å². The van der Waals surface area contributed by atoms with E-state index in [4.69, 9.17) is 0 Å². The van der Waals surface area contributed by atoms with E-state index in [0.717, 1.165) is 11.3 Å². The van der Waals surface area contributed by atoms with Gasteiger partial charge >= 0.3 is 0 Å². The van der Waals surface area contributed by atoms with Crippen molar-refractivity contribution in [1.82, 2.24) is 20.3 Å². The molecule has 1 unspecified atom stereocenters. The molecule has 0 saturated heterocycles. The zero-order valence-corrected chi connectivity index (χ0v) is 15.4. The molecule has 2 N–H and O–H groups in total. The number of rotatable bonds is 6. The number of aryl methyl sites for hydroxylation is 1. The van der Waals surface area contributed by atoms with Crippen molar-refractivity contribution in [1.29, 1.82) is 0 Å². The molecule has 0 saturated carbocycles. The van der Waals surface area contributed by atoms with Gasteiger partial charge in [0.1, 0.15) is 5.82 Å². The number of aromatic amines is 1. The lowest BCUT2D eigenvalue weighted by molar-refractivity contribution is -0.121. The maximum atomic E-state index is 12.5. The number of aromatic nitrogens is 3. The lowest BCUT2D eigenvalue weighted by Crippen LogP contribution is -2.36. The van der Waals surface area contributed by atoms with Crippen LogP contribution in [-0.4, -0.2) is 26.9 Å². The Balaban J connectivity index is 1.68. The standard InChI is InChI=1S/C21H22N4O2/c1-14(12-17-10-6-7-11-22-17)23-19(26)13-18-15(2)24-20(25-21(18)27)16-8-4-3-5-9-16/h3-11,14H,12-13H2,1-2H3,(H,23,26)(H,24,25,27). The van der Waals surface area contributed by atoms with Gasteiger partial charge in [-0.2, -0.15) is 0 Å². The Bertz CT molecular complexity index is 968. The monoisotopic (exact) mass is 362 g/mol. The van der Waals surface area contributed by atoms with Crippen molar-refractivity contribution in [3.05, 3.63) is 82.0 Å². The number of benzene rings is 1. The lowest BCUT2D eigenvalue weighted by atomic mass is 10.1. The first-order valence-electron chi connectivity index (χ1n) is 8.87. The average molecular weight is 362 g/mol. The van der Waals surface area contributed by atoms with Gasteiger partial charge in [-0.15, -0.1) is 0 Å². The van der Waals surface area contributed by atoms with E-state index in [1.807, 2.05) is 55.5 Å². The molecule has 2 heterocycles. The third-order valence-corrected chi connectivity index (χ3v) is 4.26. The first-order chi connectivity index (χ1) is 13.0. The topological polar surface area (TPSA) is 87.7 Å². The van der Waals surface area contributed by atoms with Crippen molar-refractivity contribution in [2.24, 2.45) is 0 Å². The molecule has 0 radical (unpaired) electrons. The second kappa shape index (κ2) is 8.40. The molecule has 138 valence electrons. The minimum absolute atomic E-state index is 0.00417. The SMILES string of the molecule is Cc1nc(-c2ccccc2)[nH]c(=O)c1CC(=O)NC(C)Cc1ccccn1. The molecule has 1 aromatic carbocycles. The third kappa shape index (κ3) is 4.88. The zero-order valence-electron chi connectivity index (χ0n) is 15.4. The van der Waals surface area contributed by atoms with Crippen LogP contribution in [0, 0.1) is 6.92 Å². The van der Waals surface area contributed by atoms with Crippen molar-refractivity contribution in [3.63, 3.8) is 0 Å². The highest BCUT2D eigenvalue weighted by Crippen LogP contribution is 2.14. The molecule has 27 heavy (non-hydrogen) atoms. The summed E-state index contributed by atoms with van der Waals surface area (Å²) in [5, 5.41) is 2.92. The van der Waals surface area contributed by atoms with Crippen molar-refractivity contribution < 1.29 is 4.79 Å². The Labute approximate surface area is 157 Å². The molecular formula is C21H22N4O2. The predicted octanol–water partition coefficient (Wildman–Crippen LogP) is 2.43. The van der Waals surface area contributed by atoms with Gasteiger partial charge in [0, 0.05) is 41.2 Å². The Hall–Kier alpha value is -3.28. The van der Waals surface area contributed by atoms with E-state index in [9.17, 15) is 9.59 Å². The summed E-state index contributed by atoms with van der Waals surface area (Å²) in [6, 6.07) is 15.0. The molecule has 0 spiro atoms. The Morgan fingerprint density at radius 1 is 1.15 bits per heavy atom. The summed E-state index contributed by atoms with van der Waals surface area (Å²) in [7, 11) is 0. The zero-order chi connectivity index (χ0) is 19.2. The smallest absolute Gasteiger partial charge is 0.255 e. The van der Waals surface area contributed by atoms with Crippen LogP contribution >= 0.6 is 0 Å². The highest BCUT2D eigenvalue weighted by atomic mass is 16.2. The van der Waals surface area contributed by atoms with Crippen LogP contribution in [-0.2, 0) is 17.6 Å². The summed E-state index contributed by atoms with van der Waals surface area (Å²) in [6.07, 6.45) is 2.36. The van der Waals surface area contributed by atoms with Crippen LogP contribution in [0.2, 0.25) is 0 Å². The molecule has 6 heteroatoms. The number of hydrogen-bond donors (Lipinski definition) is 2. The van der Waals surface area contributed by atoms with Crippen molar-refractivity contribution in [2.45, 2.75) is 32.7 Å². The molecule has 1 amide bonds. The predicted molar refractivity (Wildman–Crippen MR) is 104 cm³/mol. The molecule has 2 aromatic heterocycles. The van der Waals surface area contributed by atoms with Crippen LogP contribution in [0.5, 0.6) is 0 Å². The van der Waals surface area contributed by atoms with E-state index < -0.39 is 0 Å². The molecule has 6 nitrogen and oxygen atoms in total. The Morgan fingerprint density at radius 2 is 1.89 bits per heavy atom. The van der Waals surface area contributed by atoms with Gasteiger partial charge in [-0.05, 0) is 26.0 Å². The molecule has 0 aliphatic carbocycles. The maximum Gasteiger partial charge on any atom is 0.255 e. The Kier molecular flexibility index (Phi) is 5.76. The number of pyridine rings is 1. The van der Waals surface area contributed by atoms with E-state index in [2.05, 4.69) is 20.3 Å². The van der Waals surface area contributed by atoms with Crippen molar-refractivity contribution in [3.8, 4) is 11.4 Å². The van der Waals surface area contributed by atoms with Crippen LogP contribution < -0.4 is 10.9 Å². The third-order valence-electron chi connectivity index (χ3n) is 4.26. The fourth-order valence-electron chi connectivity index (χ4n) is 2.92. The highest BCUT2D eigenvalue weighted by Gasteiger charge is 2.15. The molecule has 0 aliphatic heterocycles. The Morgan fingerprint density at radius 3 is 2.56 bits per heavy atom. The maximum absolute atomic E-state index is 12.5. The number of carbonyl (C=O) groups is 1. The largest absolute Gasteiger partial charge is 0.353 e. The summed E-state index contributed by atoms with van der Waals surface area (Å²) in [5.41, 5.74) is 2.40. The molecule has 0 bridgehead atoms. The first kappa shape index (κ1) is 18.5. The summed E-state index contributed by atoms with van der Waals surface area (Å²) < 4.78 is 0. The molecule has 1 atom stereocenters. The number of H-pyrrole nitrogens is 1. The fourth-order valence-corrected chi connectivity index (χ4v) is 2.92. The van der Waals surface area contributed by atoms with Gasteiger partial charge in [-0.25, -0.2) is 4.98 Å². The molecule has 0 fully saturated rings. The van der Waals surface area contributed by atoms with E-state index in [1.54, 1.807) is 13.1 Å². The second-order valence-electron chi connectivity index (χ2n) is 6.52. The minimum atomic E-state index is -0.283. The van der Waals surface area contributed by atoms with E-state index in [1.165, 1.54) is 0 Å². The van der Waals surface area contributed by atoms with E-state index in [-0.39, 0.29) is 23.9 Å². The lowest BCUT2D eigenvalue weighted by Gasteiger charge is -2.14. The molecular weight excluding hydrogens is 340 g/mol. The van der Waals surface area contributed by atoms with E-state index in [0.29, 0.717) is 23.5 Å². The van der Waals surface area contributed by atoms with Crippen molar-refractivity contribution in [2.75, 3.05) is 0 Å². The number of nitrogens with zero attached hydrogens (tertiary/aromatic N) is 2. The summed E-state index contributed by atoms with van der Waals surface area (Å²) in [4.78, 5) is 36.3. The van der Waals surface area contributed by atoms with Gasteiger partial charge in [-0.1, -0.05) is 36.4 Å². The van der Waals surface area contributed by atoms with Gasteiger partial charge in [0.05, 0.1) is 6.42 Å². The van der Waals surface area contributed by atoms with Gasteiger partial charge in [0.25, 0.3) is 5.56 Å². The molecule has 0 aliphatic rings. The number of amides is 1. The average Bonchev–Trinajstić information content (AvgIpc) is 2.66. The number of nitrogens with one attached hydrogen (secondary N) is 2. The van der Waals surface area contributed by atoms with Gasteiger partial charge in [0.2, 0.25) is 5.91 Å². The van der Waals surface area contributed by atoms with Gasteiger partial charge < -0.3 is 10.3 Å². The minimum Gasteiger partial charge on any atom is -0.353 e. The summed E-state index contributed by atoms with van der Waals surface area (Å²) in [6.45, 7) is 3.67. The first-order valence-corrected chi connectivity index (χ1v) is 8.87. The van der Waals surface area contributed by atoms with Crippen LogP contribution in [0.25, 0.3) is 11.4 Å². The second-order valence-corrected chi connectivity index (χ2v) is 6.52. The highest BCUT2D eigenvalue weighted by molar-refractivity contribution is 5.79. The van der Waals surface area contributed by atoms with Crippen LogP contribution in [0.3, 0.4) is 0 Å².